The summed E-state index contributed by atoms with van der Waals surface area (Å²) in [4.78, 5) is 14.5. The van der Waals surface area contributed by atoms with Crippen molar-refractivity contribution in [3.05, 3.63) is 64.2 Å². The number of methoxy groups -OCH3 is 1. The van der Waals surface area contributed by atoms with Crippen LogP contribution in [0.15, 0.2) is 53.5 Å². The number of nitrogens with zero attached hydrogens (tertiary/aromatic N) is 2. The van der Waals surface area contributed by atoms with Crippen molar-refractivity contribution in [2.24, 2.45) is 10.7 Å². The molecule has 0 fully saturated rings. The van der Waals surface area contributed by atoms with E-state index in [1.165, 1.54) is 12.1 Å². The van der Waals surface area contributed by atoms with E-state index in [9.17, 15) is 10.1 Å². The van der Waals surface area contributed by atoms with Crippen LogP contribution in [0, 0.1) is 10.1 Å². The summed E-state index contributed by atoms with van der Waals surface area (Å²) in [6, 6.07) is 13.6. The number of non-ortho nitro benzene ring substituents is 1. The topological polar surface area (TPSA) is 103 Å². The van der Waals surface area contributed by atoms with E-state index in [0.717, 1.165) is 0 Å². The standard InChI is InChI=1S/C15H16N4O3/c1-22-14-8-3-2-7-13(14)18-15(16)17-10-11-5-4-6-12(9-11)19(20)21/h2-9H,10H2,1H3,(H3,16,17,18). The molecule has 2 rings (SSSR count). The summed E-state index contributed by atoms with van der Waals surface area (Å²) in [6.45, 7) is 0.246. The van der Waals surface area contributed by atoms with Crippen LogP contribution in [0.25, 0.3) is 0 Å². The van der Waals surface area contributed by atoms with E-state index in [1.807, 2.05) is 18.2 Å². The van der Waals surface area contributed by atoms with Crippen molar-refractivity contribution in [3.8, 4) is 5.75 Å². The maximum Gasteiger partial charge on any atom is 0.269 e. The summed E-state index contributed by atoms with van der Waals surface area (Å²) >= 11 is 0. The van der Waals surface area contributed by atoms with Crippen molar-refractivity contribution < 1.29 is 9.66 Å². The van der Waals surface area contributed by atoms with Gasteiger partial charge in [-0.25, -0.2) is 4.99 Å². The highest BCUT2D eigenvalue weighted by atomic mass is 16.6. The van der Waals surface area contributed by atoms with E-state index in [2.05, 4.69) is 10.3 Å². The molecule has 0 spiro atoms. The molecule has 0 unspecified atom stereocenters. The van der Waals surface area contributed by atoms with Crippen molar-refractivity contribution in [3.63, 3.8) is 0 Å². The Hall–Kier alpha value is -3.09. The predicted octanol–water partition coefficient (Wildman–Crippen LogP) is 2.53. The Balaban J connectivity index is 2.07. The number of ether oxygens (including phenoxy) is 1. The fraction of sp³-hybridized carbons (Fsp3) is 0.133. The number of para-hydroxylation sites is 2. The van der Waals surface area contributed by atoms with E-state index in [-0.39, 0.29) is 18.2 Å². The smallest absolute Gasteiger partial charge is 0.269 e. The Morgan fingerprint density at radius 3 is 2.82 bits per heavy atom. The molecular weight excluding hydrogens is 284 g/mol. The van der Waals surface area contributed by atoms with Crippen LogP contribution < -0.4 is 15.8 Å². The molecule has 0 saturated carbocycles. The van der Waals surface area contributed by atoms with Gasteiger partial charge in [0.1, 0.15) is 5.75 Å². The number of nitro benzene ring substituents is 1. The van der Waals surface area contributed by atoms with Gasteiger partial charge in [0.15, 0.2) is 5.96 Å². The molecule has 114 valence electrons. The molecule has 0 aliphatic rings. The first-order chi connectivity index (χ1) is 10.6. The molecule has 0 saturated heterocycles. The molecule has 7 nitrogen and oxygen atoms in total. The third kappa shape index (κ3) is 3.95. The third-order valence-electron chi connectivity index (χ3n) is 2.92. The van der Waals surface area contributed by atoms with Crippen LogP contribution in [-0.2, 0) is 6.54 Å². The lowest BCUT2D eigenvalue weighted by Gasteiger charge is -2.10. The van der Waals surface area contributed by atoms with Crippen LogP contribution in [0.1, 0.15) is 5.56 Å². The molecule has 0 aromatic heterocycles. The van der Waals surface area contributed by atoms with Gasteiger partial charge in [-0.2, -0.15) is 0 Å². The van der Waals surface area contributed by atoms with Gasteiger partial charge in [0.2, 0.25) is 0 Å². The lowest BCUT2D eigenvalue weighted by molar-refractivity contribution is -0.384. The lowest BCUT2D eigenvalue weighted by atomic mass is 10.2. The second-order valence-corrected chi connectivity index (χ2v) is 4.45. The van der Waals surface area contributed by atoms with Crippen molar-refractivity contribution in [1.82, 2.24) is 0 Å². The first-order valence-electron chi connectivity index (χ1n) is 6.53. The summed E-state index contributed by atoms with van der Waals surface area (Å²) in [5.74, 6) is 0.854. The summed E-state index contributed by atoms with van der Waals surface area (Å²) in [6.07, 6.45) is 0. The summed E-state index contributed by atoms with van der Waals surface area (Å²) < 4.78 is 5.20. The predicted molar refractivity (Wildman–Crippen MR) is 85.0 cm³/mol. The molecule has 0 aliphatic carbocycles. The Labute approximate surface area is 127 Å². The number of nitrogens with two attached hydrogens (primary N) is 1. The first-order valence-corrected chi connectivity index (χ1v) is 6.53. The monoisotopic (exact) mass is 300 g/mol. The van der Waals surface area contributed by atoms with E-state index in [1.54, 1.807) is 25.3 Å². The number of guanidine groups is 1. The average Bonchev–Trinajstić information content (AvgIpc) is 2.53. The number of nitro groups is 1. The molecule has 3 N–H and O–H groups in total. The Morgan fingerprint density at radius 1 is 1.32 bits per heavy atom. The number of nitrogens with one attached hydrogen (secondary N) is 1. The van der Waals surface area contributed by atoms with Gasteiger partial charge < -0.3 is 15.8 Å². The second-order valence-electron chi connectivity index (χ2n) is 4.45. The molecule has 0 radical (unpaired) electrons. The largest absolute Gasteiger partial charge is 0.495 e. The molecule has 0 bridgehead atoms. The highest BCUT2D eigenvalue weighted by Gasteiger charge is 2.06. The van der Waals surface area contributed by atoms with E-state index < -0.39 is 4.92 Å². The fourth-order valence-electron chi connectivity index (χ4n) is 1.87. The maximum absolute atomic E-state index is 10.7. The minimum atomic E-state index is -0.441. The SMILES string of the molecule is COc1ccccc1NC(N)=NCc1cccc([N+](=O)[O-])c1. The van der Waals surface area contributed by atoms with E-state index >= 15 is 0 Å². The lowest BCUT2D eigenvalue weighted by Crippen LogP contribution is -2.22. The van der Waals surface area contributed by atoms with E-state index in [0.29, 0.717) is 17.0 Å². The molecule has 0 atom stereocenters. The van der Waals surface area contributed by atoms with Gasteiger partial charge in [-0.1, -0.05) is 24.3 Å². The Bertz CT molecular complexity index is 701. The number of hydrogen-bond donors (Lipinski definition) is 2. The fourth-order valence-corrected chi connectivity index (χ4v) is 1.87. The summed E-state index contributed by atoms with van der Waals surface area (Å²) in [5.41, 5.74) is 7.26. The van der Waals surface area contributed by atoms with E-state index in [4.69, 9.17) is 10.5 Å². The van der Waals surface area contributed by atoms with Crippen LogP contribution >= 0.6 is 0 Å². The number of aliphatic imine (C=N–C) groups is 1. The van der Waals surface area contributed by atoms with Gasteiger partial charge >= 0.3 is 0 Å². The van der Waals surface area contributed by atoms with Gasteiger partial charge in [0.05, 0.1) is 24.3 Å². The Morgan fingerprint density at radius 2 is 2.09 bits per heavy atom. The molecule has 2 aromatic rings. The molecule has 0 amide bonds. The molecule has 0 heterocycles. The minimum Gasteiger partial charge on any atom is -0.495 e. The highest BCUT2D eigenvalue weighted by Crippen LogP contribution is 2.22. The normalized spacial score (nSPS) is 11.0. The number of benzene rings is 2. The Kier molecular flexibility index (Phi) is 4.92. The zero-order valence-electron chi connectivity index (χ0n) is 12.0. The zero-order valence-corrected chi connectivity index (χ0v) is 12.0. The van der Waals surface area contributed by atoms with Crippen LogP contribution in [0.4, 0.5) is 11.4 Å². The van der Waals surface area contributed by atoms with Crippen LogP contribution in [0.3, 0.4) is 0 Å². The molecule has 0 aliphatic heterocycles. The van der Waals surface area contributed by atoms with Gasteiger partial charge in [-0.15, -0.1) is 0 Å². The van der Waals surface area contributed by atoms with Gasteiger partial charge in [0.25, 0.3) is 5.69 Å². The van der Waals surface area contributed by atoms with Crippen LogP contribution in [-0.4, -0.2) is 18.0 Å². The maximum atomic E-state index is 10.7. The van der Waals surface area contributed by atoms with Gasteiger partial charge in [-0.3, -0.25) is 10.1 Å². The first kappa shape index (κ1) is 15.3. The summed E-state index contributed by atoms with van der Waals surface area (Å²) in [5, 5.41) is 13.7. The molecular formula is C15H16N4O3. The summed E-state index contributed by atoms with van der Waals surface area (Å²) in [7, 11) is 1.57. The third-order valence-corrected chi connectivity index (χ3v) is 2.92. The van der Waals surface area contributed by atoms with Crippen molar-refractivity contribution >= 4 is 17.3 Å². The van der Waals surface area contributed by atoms with Gasteiger partial charge in [-0.05, 0) is 17.7 Å². The zero-order chi connectivity index (χ0) is 15.9. The quantitative estimate of drug-likeness (QED) is 0.382. The van der Waals surface area contributed by atoms with Gasteiger partial charge in [0, 0.05) is 12.1 Å². The van der Waals surface area contributed by atoms with Crippen LogP contribution in [0.5, 0.6) is 5.75 Å². The number of anilines is 1. The van der Waals surface area contributed by atoms with Crippen molar-refractivity contribution in [2.45, 2.75) is 6.54 Å². The van der Waals surface area contributed by atoms with Crippen molar-refractivity contribution in [2.75, 3.05) is 12.4 Å². The molecule has 2 aromatic carbocycles. The van der Waals surface area contributed by atoms with Crippen LogP contribution in [0.2, 0.25) is 0 Å². The van der Waals surface area contributed by atoms with Crippen molar-refractivity contribution in [1.29, 1.82) is 0 Å². The number of rotatable bonds is 5. The highest BCUT2D eigenvalue weighted by molar-refractivity contribution is 5.93. The second kappa shape index (κ2) is 7.07. The number of hydrogen-bond acceptors (Lipinski definition) is 4. The average molecular weight is 300 g/mol. The molecule has 7 heteroatoms. The minimum absolute atomic E-state index is 0.0314. The molecule has 22 heavy (non-hydrogen) atoms.